The Bertz CT molecular complexity index is 2710. The molecule has 4 aromatic carbocycles. The smallest absolute Gasteiger partial charge is 0.251 e. The van der Waals surface area contributed by atoms with Gasteiger partial charge in [0.25, 0.3) is 5.91 Å². The van der Waals surface area contributed by atoms with Gasteiger partial charge in [0.1, 0.15) is 42.4 Å². The number of hydrogen-bond donors (Lipinski definition) is 4. The number of benzene rings is 4. The van der Waals surface area contributed by atoms with Crippen molar-refractivity contribution in [1.29, 1.82) is 5.26 Å². The number of carbonyl (C=O) groups excluding carboxylic acids is 4. The first kappa shape index (κ1) is 51.1. The van der Waals surface area contributed by atoms with Crippen LogP contribution in [0.15, 0.2) is 102 Å². The molecule has 16 heteroatoms. The Hall–Kier alpha value is -6.73. The summed E-state index contributed by atoms with van der Waals surface area (Å²) in [5.41, 5.74) is 9.42. The fraction of sp³-hybridized carbons (Fsp3) is 0.407. The lowest BCUT2D eigenvalue weighted by Crippen LogP contribution is -2.74. The summed E-state index contributed by atoms with van der Waals surface area (Å²) in [7, 11) is 0. The number of ether oxygens (including phenoxy) is 3. The van der Waals surface area contributed by atoms with Gasteiger partial charge in [0.05, 0.1) is 29.0 Å². The van der Waals surface area contributed by atoms with E-state index in [1.54, 1.807) is 30.3 Å². The average Bonchev–Trinajstić information content (AvgIpc) is 3.95. The third kappa shape index (κ3) is 11.6. The first-order valence-corrected chi connectivity index (χ1v) is 23.7. The van der Waals surface area contributed by atoms with Gasteiger partial charge in [0, 0.05) is 60.0 Å². The molecule has 1 aliphatic heterocycles. The number of nitrogens with zero attached hydrogens (tertiary/aromatic N) is 3. The van der Waals surface area contributed by atoms with Gasteiger partial charge in [-0.2, -0.15) is 5.26 Å². The second-order valence-electron chi connectivity index (χ2n) is 20.2. The zero-order valence-electron chi connectivity index (χ0n) is 40.6. The minimum atomic E-state index is -1.00. The molecule has 1 saturated heterocycles. The quantitative estimate of drug-likeness (QED) is 0.0586. The van der Waals surface area contributed by atoms with Crippen molar-refractivity contribution < 1.29 is 42.9 Å². The standard InChI is InChI=1S/C54H61ClN6O9/c1-32-46(69-31-59-32)36-10-8-33(9-11-36)29-58-49(66)43-24-39(62)30-61(43)45(63)27-52(2,3)26-44(47(57)64)68-23-22-67-40-19-16-35(17-20-40)34-12-14-37(15-13-34)48(65)60-50-53(4,5)51(54(50,6)7)70-41-21-18-38(28-56)42(55)25-41/h8-21,25,31,39,43-44,50-51,62H,22-24,26-27,29-30H2,1-7H3,(H2,57,64)(H,58,66)(H,60,65)/t39-,43+,44?,50-,51-/m1/s1. The Labute approximate surface area is 413 Å². The van der Waals surface area contributed by atoms with Gasteiger partial charge in [-0.1, -0.05) is 102 Å². The van der Waals surface area contributed by atoms with Crippen LogP contribution in [0.25, 0.3) is 22.5 Å². The van der Waals surface area contributed by atoms with Gasteiger partial charge in [-0.15, -0.1) is 0 Å². The van der Waals surface area contributed by atoms with Crippen LogP contribution in [0.1, 0.15) is 88.0 Å². The van der Waals surface area contributed by atoms with Crippen LogP contribution >= 0.6 is 11.6 Å². The molecule has 2 heterocycles. The van der Waals surface area contributed by atoms with Crippen molar-refractivity contribution in [3.8, 4) is 40.0 Å². The third-order valence-electron chi connectivity index (χ3n) is 13.5. The molecule has 15 nitrogen and oxygen atoms in total. The van der Waals surface area contributed by atoms with Crippen molar-refractivity contribution in [2.24, 2.45) is 22.0 Å². The summed E-state index contributed by atoms with van der Waals surface area (Å²) < 4.78 is 23.6. The van der Waals surface area contributed by atoms with E-state index in [4.69, 9.17) is 36.0 Å². The number of aliphatic hydroxyl groups excluding tert-OH is 1. The van der Waals surface area contributed by atoms with Crippen LogP contribution in [-0.2, 0) is 25.7 Å². The maximum atomic E-state index is 13.7. The van der Waals surface area contributed by atoms with E-state index in [1.165, 1.54) is 11.3 Å². The van der Waals surface area contributed by atoms with E-state index in [1.807, 2.05) is 81.4 Å². The number of rotatable bonds is 19. The summed E-state index contributed by atoms with van der Waals surface area (Å²) >= 11 is 6.25. The minimum Gasteiger partial charge on any atom is -0.491 e. The van der Waals surface area contributed by atoms with Crippen LogP contribution in [0, 0.1) is 34.5 Å². The fourth-order valence-electron chi connectivity index (χ4n) is 10.0. The molecule has 5 aromatic rings. The number of β-amino-alcohol motifs (C(OH)–C–C–N with tert-alkyl or cyclic N) is 1. The van der Waals surface area contributed by atoms with Crippen molar-refractivity contribution in [1.82, 2.24) is 20.5 Å². The number of aromatic nitrogens is 1. The highest BCUT2D eigenvalue weighted by Gasteiger charge is 2.64. The zero-order chi connectivity index (χ0) is 50.5. The van der Waals surface area contributed by atoms with Crippen molar-refractivity contribution in [2.45, 2.75) is 105 Å². The Morgan fingerprint density at radius 2 is 1.57 bits per heavy atom. The maximum absolute atomic E-state index is 13.7. The lowest BCUT2D eigenvalue weighted by molar-refractivity contribution is -0.164. The summed E-state index contributed by atoms with van der Waals surface area (Å²) in [6, 6.07) is 28.4. The molecule has 2 aliphatic rings. The van der Waals surface area contributed by atoms with Crippen molar-refractivity contribution >= 4 is 35.2 Å². The van der Waals surface area contributed by atoms with E-state index in [9.17, 15) is 29.5 Å². The molecule has 2 fully saturated rings. The van der Waals surface area contributed by atoms with Crippen LogP contribution in [0.2, 0.25) is 5.02 Å². The van der Waals surface area contributed by atoms with E-state index in [-0.39, 0.29) is 75.4 Å². The molecule has 1 unspecified atom stereocenters. The highest BCUT2D eigenvalue weighted by Crippen LogP contribution is 2.55. The van der Waals surface area contributed by atoms with Gasteiger partial charge in [0.2, 0.25) is 17.7 Å². The van der Waals surface area contributed by atoms with Gasteiger partial charge < -0.3 is 45.0 Å². The molecule has 0 radical (unpaired) electrons. The van der Waals surface area contributed by atoms with Gasteiger partial charge >= 0.3 is 0 Å². The number of nitrogens with two attached hydrogens (primary N) is 1. The highest BCUT2D eigenvalue weighted by molar-refractivity contribution is 6.31. The van der Waals surface area contributed by atoms with Crippen LogP contribution in [-0.4, -0.2) is 88.8 Å². The molecule has 0 spiro atoms. The van der Waals surface area contributed by atoms with Crippen LogP contribution in [0.5, 0.6) is 11.5 Å². The second-order valence-corrected chi connectivity index (χ2v) is 20.6. The summed E-state index contributed by atoms with van der Waals surface area (Å²) in [6.07, 6.45) is -0.433. The Morgan fingerprint density at radius 1 is 0.943 bits per heavy atom. The molecular formula is C54H61ClN6O9. The number of amides is 4. The maximum Gasteiger partial charge on any atom is 0.251 e. The van der Waals surface area contributed by atoms with E-state index in [0.29, 0.717) is 33.4 Å². The number of nitriles is 1. The molecule has 7 rings (SSSR count). The van der Waals surface area contributed by atoms with Gasteiger partial charge in [0.15, 0.2) is 12.2 Å². The summed E-state index contributed by atoms with van der Waals surface area (Å²) in [5, 5.41) is 26.2. The lowest BCUT2D eigenvalue weighted by atomic mass is 9.49. The minimum absolute atomic E-state index is 0.00908. The van der Waals surface area contributed by atoms with Crippen LogP contribution < -0.4 is 25.8 Å². The van der Waals surface area contributed by atoms with Crippen molar-refractivity contribution in [3.05, 3.63) is 125 Å². The van der Waals surface area contributed by atoms with E-state index >= 15 is 0 Å². The molecule has 1 saturated carbocycles. The fourth-order valence-corrected chi connectivity index (χ4v) is 10.3. The van der Waals surface area contributed by atoms with Gasteiger partial charge in [-0.05, 0) is 71.8 Å². The molecule has 5 N–H and O–H groups in total. The monoisotopic (exact) mass is 972 g/mol. The van der Waals surface area contributed by atoms with Crippen LogP contribution in [0.3, 0.4) is 0 Å². The van der Waals surface area contributed by atoms with Crippen molar-refractivity contribution in [2.75, 3.05) is 19.8 Å². The number of carbonyl (C=O) groups is 4. The summed E-state index contributed by atoms with van der Waals surface area (Å²) in [6.45, 7) is 14.2. The molecule has 70 heavy (non-hydrogen) atoms. The first-order valence-electron chi connectivity index (χ1n) is 23.3. The van der Waals surface area contributed by atoms with E-state index in [0.717, 1.165) is 27.9 Å². The number of primary amides is 1. The summed E-state index contributed by atoms with van der Waals surface area (Å²) in [5.74, 6) is 0.281. The number of halogens is 1. The second kappa shape index (κ2) is 21.1. The number of aliphatic hydroxyl groups is 1. The average molecular weight is 974 g/mol. The normalized spacial score (nSPS) is 19.6. The predicted molar refractivity (Wildman–Crippen MR) is 263 cm³/mol. The molecule has 368 valence electrons. The van der Waals surface area contributed by atoms with Gasteiger partial charge in [-0.25, -0.2) is 4.98 Å². The topological polar surface area (TPSA) is 219 Å². The Kier molecular flexibility index (Phi) is 15.4. The molecule has 1 aromatic heterocycles. The molecule has 4 amide bonds. The van der Waals surface area contributed by atoms with Crippen molar-refractivity contribution in [3.63, 3.8) is 0 Å². The molecular weight excluding hydrogens is 912 g/mol. The summed E-state index contributed by atoms with van der Waals surface area (Å²) in [4.78, 5) is 58.6. The van der Waals surface area contributed by atoms with E-state index in [2.05, 4.69) is 49.4 Å². The largest absolute Gasteiger partial charge is 0.491 e. The number of aryl methyl sites for hydroxylation is 1. The first-order chi connectivity index (χ1) is 33.2. The Balaban J connectivity index is 0.845. The number of oxazole rings is 1. The third-order valence-corrected chi connectivity index (χ3v) is 13.8. The Morgan fingerprint density at radius 3 is 2.17 bits per heavy atom. The lowest BCUT2D eigenvalue weighted by Gasteiger charge is -2.63. The predicted octanol–water partition coefficient (Wildman–Crippen LogP) is 7.79. The SMILES string of the molecule is Cc1ncoc1-c1ccc(CNC(=O)[C@@H]2C[C@@H](O)CN2C(=O)CC(C)(C)CC(OCCOc2ccc(-c3ccc(C(=O)N[C@H]4C(C)(C)[C@H](Oc5ccc(C#N)c(Cl)c5)C4(C)C)cc3)cc2)C(N)=O)cc1. The van der Waals surface area contributed by atoms with E-state index < -0.39 is 40.4 Å². The van der Waals surface area contributed by atoms with Gasteiger partial charge in [-0.3, -0.25) is 19.2 Å². The van der Waals surface area contributed by atoms with Crippen LogP contribution in [0.4, 0.5) is 0 Å². The number of hydrogen-bond acceptors (Lipinski definition) is 11. The number of likely N-dealkylation sites (tertiary alicyclic amines) is 1. The molecule has 1 aliphatic carbocycles. The number of nitrogens with one attached hydrogen (secondary N) is 2. The highest BCUT2D eigenvalue weighted by atomic mass is 35.5. The molecule has 3 atom stereocenters. The molecule has 0 bridgehead atoms. The zero-order valence-corrected chi connectivity index (χ0v) is 41.3.